The Morgan fingerprint density at radius 3 is 2.15 bits per heavy atom. The van der Waals surface area contributed by atoms with E-state index in [0.717, 1.165) is 48.9 Å². The topological polar surface area (TPSA) is 69.7 Å². The average molecular weight is 446 g/mol. The van der Waals surface area contributed by atoms with Gasteiger partial charge in [-0.1, -0.05) is 37.6 Å². The van der Waals surface area contributed by atoms with E-state index in [0.29, 0.717) is 31.7 Å². The summed E-state index contributed by atoms with van der Waals surface area (Å²) < 4.78 is 0. The smallest absolute Gasteiger partial charge is 0.253 e. The maximum Gasteiger partial charge on any atom is 0.253 e. The van der Waals surface area contributed by atoms with Crippen molar-refractivity contribution in [2.24, 2.45) is 11.3 Å². The Morgan fingerprint density at radius 2 is 1.55 bits per heavy atom. The fourth-order valence-electron chi connectivity index (χ4n) is 4.77. The molecule has 2 aliphatic carbocycles. The number of carbonyl (C=O) groups excluding carboxylic acids is 3. The predicted molar refractivity (Wildman–Crippen MR) is 128 cm³/mol. The first-order valence-corrected chi connectivity index (χ1v) is 12.0. The Balaban J connectivity index is 1.20. The van der Waals surface area contributed by atoms with Gasteiger partial charge in [-0.3, -0.25) is 14.4 Å². The summed E-state index contributed by atoms with van der Waals surface area (Å²) in [6.07, 6.45) is 5.05. The molecule has 0 radical (unpaired) electrons. The summed E-state index contributed by atoms with van der Waals surface area (Å²) in [6, 6.07) is 15.4. The summed E-state index contributed by atoms with van der Waals surface area (Å²) in [6.45, 7) is 4.43. The standard InChI is InChI=1S/C27H31N3O3/c1-27(12-3-13-27)26(33)30-16-14-29(15-17-30)25(32)21-10-6-19(7-11-21)22-4-2-5-23(18-22)28-24(31)20-8-9-20/h2,4-7,10-11,18,20H,3,8-9,12-17H2,1H3,(H,28,31). The SMILES string of the molecule is CC1(C(=O)N2CCN(C(=O)c3ccc(-c4cccc(NC(=O)C5CC5)c4)cc3)CC2)CCC1. The fraction of sp³-hybridized carbons (Fsp3) is 0.444. The van der Waals surface area contributed by atoms with Gasteiger partial charge in [-0.25, -0.2) is 0 Å². The normalized spacial score (nSPS) is 19.5. The number of benzene rings is 2. The third-order valence-corrected chi connectivity index (χ3v) is 7.37. The van der Waals surface area contributed by atoms with Crippen molar-refractivity contribution < 1.29 is 14.4 Å². The van der Waals surface area contributed by atoms with Gasteiger partial charge in [-0.2, -0.15) is 0 Å². The number of nitrogens with one attached hydrogen (secondary N) is 1. The number of hydrogen-bond donors (Lipinski definition) is 1. The molecule has 1 N–H and O–H groups in total. The first kappa shape index (κ1) is 21.7. The molecule has 0 bridgehead atoms. The Morgan fingerprint density at radius 1 is 0.879 bits per heavy atom. The van der Waals surface area contributed by atoms with E-state index in [9.17, 15) is 14.4 Å². The first-order valence-electron chi connectivity index (χ1n) is 12.0. The van der Waals surface area contributed by atoms with E-state index in [1.54, 1.807) is 0 Å². The molecule has 2 aromatic carbocycles. The summed E-state index contributed by atoms with van der Waals surface area (Å²) in [5, 5.41) is 2.99. The zero-order chi connectivity index (χ0) is 23.0. The molecule has 1 saturated heterocycles. The van der Waals surface area contributed by atoms with Gasteiger partial charge < -0.3 is 15.1 Å². The molecule has 3 aliphatic rings. The van der Waals surface area contributed by atoms with Crippen LogP contribution in [-0.4, -0.2) is 53.7 Å². The van der Waals surface area contributed by atoms with Crippen LogP contribution in [0.2, 0.25) is 0 Å². The lowest BCUT2D eigenvalue weighted by molar-refractivity contribution is -0.147. The van der Waals surface area contributed by atoms with Crippen LogP contribution in [-0.2, 0) is 9.59 Å². The van der Waals surface area contributed by atoms with Crippen LogP contribution in [0.3, 0.4) is 0 Å². The van der Waals surface area contributed by atoms with Crippen LogP contribution < -0.4 is 5.32 Å². The van der Waals surface area contributed by atoms with Gasteiger partial charge in [0.05, 0.1) is 0 Å². The minimum absolute atomic E-state index is 0.00829. The van der Waals surface area contributed by atoms with Crippen molar-refractivity contribution in [1.29, 1.82) is 0 Å². The third kappa shape index (κ3) is 4.52. The molecule has 6 heteroatoms. The lowest BCUT2D eigenvalue weighted by atomic mass is 9.69. The molecule has 172 valence electrons. The van der Waals surface area contributed by atoms with E-state index < -0.39 is 0 Å². The van der Waals surface area contributed by atoms with Crippen LogP contribution in [0.5, 0.6) is 0 Å². The van der Waals surface area contributed by atoms with E-state index in [-0.39, 0.29) is 29.1 Å². The van der Waals surface area contributed by atoms with Crippen LogP contribution in [0.15, 0.2) is 48.5 Å². The molecule has 0 aromatic heterocycles. The van der Waals surface area contributed by atoms with Gasteiger partial charge in [0.25, 0.3) is 5.91 Å². The van der Waals surface area contributed by atoms with Gasteiger partial charge in [0.2, 0.25) is 11.8 Å². The summed E-state index contributed by atoms with van der Waals surface area (Å²) in [4.78, 5) is 41.6. The van der Waals surface area contributed by atoms with Crippen molar-refractivity contribution in [3.8, 4) is 11.1 Å². The number of piperazine rings is 1. The molecule has 5 rings (SSSR count). The highest BCUT2D eigenvalue weighted by Gasteiger charge is 2.42. The summed E-state index contributed by atoms with van der Waals surface area (Å²) in [5.41, 5.74) is 3.27. The monoisotopic (exact) mass is 445 g/mol. The van der Waals surface area contributed by atoms with Crippen LogP contribution in [0, 0.1) is 11.3 Å². The Hall–Kier alpha value is -3.15. The van der Waals surface area contributed by atoms with Gasteiger partial charge >= 0.3 is 0 Å². The number of hydrogen-bond acceptors (Lipinski definition) is 3. The predicted octanol–water partition coefficient (Wildman–Crippen LogP) is 4.18. The lowest BCUT2D eigenvalue weighted by Crippen LogP contribution is -2.55. The second-order valence-electron chi connectivity index (χ2n) is 9.92. The second-order valence-corrected chi connectivity index (χ2v) is 9.92. The minimum Gasteiger partial charge on any atom is -0.339 e. The highest BCUT2D eigenvalue weighted by molar-refractivity contribution is 5.96. The molecule has 0 unspecified atom stereocenters. The number of anilines is 1. The number of amides is 3. The quantitative estimate of drug-likeness (QED) is 0.751. The number of nitrogens with zero attached hydrogens (tertiary/aromatic N) is 2. The maximum absolute atomic E-state index is 13.0. The zero-order valence-corrected chi connectivity index (χ0v) is 19.2. The highest BCUT2D eigenvalue weighted by Crippen LogP contribution is 2.42. The molecule has 6 nitrogen and oxygen atoms in total. The van der Waals surface area contributed by atoms with E-state index in [1.165, 1.54) is 0 Å². The molecule has 33 heavy (non-hydrogen) atoms. The molecular weight excluding hydrogens is 414 g/mol. The van der Waals surface area contributed by atoms with Gasteiger partial charge in [0, 0.05) is 48.8 Å². The third-order valence-electron chi connectivity index (χ3n) is 7.37. The summed E-state index contributed by atoms with van der Waals surface area (Å²) in [7, 11) is 0. The van der Waals surface area contributed by atoms with Crippen molar-refractivity contribution in [2.45, 2.75) is 39.0 Å². The van der Waals surface area contributed by atoms with E-state index in [1.807, 2.05) is 58.3 Å². The molecule has 3 amide bonds. The van der Waals surface area contributed by atoms with Crippen molar-refractivity contribution in [2.75, 3.05) is 31.5 Å². The van der Waals surface area contributed by atoms with E-state index >= 15 is 0 Å². The van der Waals surface area contributed by atoms with Gasteiger partial charge in [0.15, 0.2) is 0 Å². The molecule has 2 aromatic rings. The van der Waals surface area contributed by atoms with E-state index in [4.69, 9.17) is 0 Å². The van der Waals surface area contributed by atoms with Gasteiger partial charge in [-0.15, -0.1) is 0 Å². The van der Waals surface area contributed by atoms with Gasteiger partial charge in [-0.05, 0) is 61.1 Å². The zero-order valence-electron chi connectivity index (χ0n) is 19.2. The van der Waals surface area contributed by atoms with Crippen LogP contribution >= 0.6 is 0 Å². The van der Waals surface area contributed by atoms with E-state index in [2.05, 4.69) is 12.2 Å². The van der Waals surface area contributed by atoms with Crippen LogP contribution in [0.4, 0.5) is 5.69 Å². The van der Waals surface area contributed by atoms with Crippen molar-refractivity contribution >= 4 is 23.4 Å². The Labute approximate surface area is 194 Å². The summed E-state index contributed by atoms with van der Waals surface area (Å²) in [5.74, 6) is 0.520. The Kier molecular flexibility index (Phi) is 5.69. The van der Waals surface area contributed by atoms with Crippen molar-refractivity contribution in [1.82, 2.24) is 9.80 Å². The average Bonchev–Trinajstić information content (AvgIpc) is 3.68. The number of carbonyl (C=O) groups is 3. The molecule has 1 aliphatic heterocycles. The highest BCUT2D eigenvalue weighted by atomic mass is 16.2. The van der Waals surface area contributed by atoms with Crippen LogP contribution in [0.25, 0.3) is 11.1 Å². The molecule has 0 spiro atoms. The largest absolute Gasteiger partial charge is 0.339 e. The number of rotatable bonds is 5. The fourth-order valence-corrected chi connectivity index (χ4v) is 4.77. The van der Waals surface area contributed by atoms with Crippen molar-refractivity contribution in [3.63, 3.8) is 0 Å². The summed E-state index contributed by atoms with van der Waals surface area (Å²) >= 11 is 0. The maximum atomic E-state index is 13.0. The minimum atomic E-state index is -0.181. The van der Waals surface area contributed by atoms with Crippen molar-refractivity contribution in [3.05, 3.63) is 54.1 Å². The molecule has 1 heterocycles. The Bertz CT molecular complexity index is 1060. The molecule has 3 fully saturated rings. The lowest BCUT2D eigenvalue weighted by Gasteiger charge is -2.43. The second kappa shape index (κ2) is 8.65. The molecule has 0 atom stereocenters. The first-order chi connectivity index (χ1) is 15.9. The van der Waals surface area contributed by atoms with Crippen LogP contribution in [0.1, 0.15) is 49.4 Å². The van der Waals surface area contributed by atoms with Gasteiger partial charge in [0.1, 0.15) is 0 Å². The molecular formula is C27H31N3O3. The molecule has 2 saturated carbocycles.